The Balaban J connectivity index is 1.74. The van der Waals surface area contributed by atoms with Gasteiger partial charge in [-0.2, -0.15) is 0 Å². The summed E-state index contributed by atoms with van der Waals surface area (Å²) in [4.78, 5) is 35.1. The summed E-state index contributed by atoms with van der Waals surface area (Å²) in [6.07, 6.45) is 3.39. The Morgan fingerprint density at radius 3 is 2.42 bits per heavy atom. The van der Waals surface area contributed by atoms with Gasteiger partial charge in [0.15, 0.2) is 0 Å². The minimum Gasteiger partial charge on any atom is -0.481 e. The maximum Gasteiger partial charge on any atom is 0.306 e. The van der Waals surface area contributed by atoms with Gasteiger partial charge in [0, 0.05) is 7.05 Å². The fraction of sp³-hybridized carbons (Fsp3) is 0.769. The van der Waals surface area contributed by atoms with Crippen molar-refractivity contribution in [3.8, 4) is 0 Å². The van der Waals surface area contributed by atoms with Gasteiger partial charge < -0.3 is 10.4 Å². The van der Waals surface area contributed by atoms with E-state index in [4.69, 9.17) is 5.11 Å². The number of likely N-dealkylation sites (N-methyl/N-ethyl adjacent to an activating group) is 1. The number of hydrogen-bond acceptors (Lipinski definition) is 4. The van der Waals surface area contributed by atoms with E-state index in [1.54, 1.807) is 0 Å². The average molecular weight is 268 g/mol. The average Bonchev–Trinajstić information content (AvgIpc) is 2.64. The fourth-order valence-corrected chi connectivity index (χ4v) is 2.84. The number of aliphatic carboxylic acids is 1. The van der Waals surface area contributed by atoms with E-state index >= 15 is 0 Å². The Kier molecular flexibility index (Phi) is 4.19. The molecule has 106 valence electrons. The summed E-state index contributed by atoms with van der Waals surface area (Å²) in [5.41, 5.74) is 0. The Labute approximate surface area is 112 Å². The first-order valence-corrected chi connectivity index (χ1v) is 6.75. The van der Waals surface area contributed by atoms with Gasteiger partial charge in [-0.1, -0.05) is 0 Å². The molecule has 2 N–H and O–H groups in total. The first-order chi connectivity index (χ1) is 8.99. The molecule has 0 radical (unpaired) electrons. The zero-order chi connectivity index (χ0) is 14.0. The molecule has 1 atom stereocenters. The van der Waals surface area contributed by atoms with Crippen LogP contribution in [0.3, 0.4) is 0 Å². The molecule has 6 nitrogen and oxygen atoms in total. The third-order valence-electron chi connectivity index (χ3n) is 4.23. The van der Waals surface area contributed by atoms with Crippen LogP contribution in [0.1, 0.15) is 32.1 Å². The molecular formula is C13H20N2O4. The second kappa shape index (κ2) is 5.69. The number of carboxylic acids is 1. The summed E-state index contributed by atoms with van der Waals surface area (Å²) in [6.45, 7) is 0.684. The number of imide groups is 1. The van der Waals surface area contributed by atoms with Gasteiger partial charge >= 0.3 is 5.97 Å². The molecule has 0 aromatic heterocycles. The van der Waals surface area contributed by atoms with Crippen LogP contribution in [-0.2, 0) is 14.4 Å². The molecule has 1 saturated heterocycles. The van der Waals surface area contributed by atoms with Crippen molar-refractivity contribution in [1.82, 2.24) is 10.2 Å². The molecular weight excluding hydrogens is 248 g/mol. The summed E-state index contributed by atoms with van der Waals surface area (Å²) in [5.74, 6) is -0.813. The molecule has 1 unspecified atom stereocenters. The summed E-state index contributed by atoms with van der Waals surface area (Å²) in [5, 5.41) is 12.1. The molecule has 0 aromatic rings. The van der Waals surface area contributed by atoms with E-state index in [0.29, 0.717) is 25.3 Å². The maximum atomic E-state index is 11.7. The number of likely N-dealkylation sites (tertiary alicyclic amines) is 1. The van der Waals surface area contributed by atoms with E-state index < -0.39 is 12.0 Å². The molecule has 2 fully saturated rings. The summed E-state index contributed by atoms with van der Waals surface area (Å²) >= 11 is 0. The van der Waals surface area contributed by atoms with Crippen molar-refractivity contribution in [1.29, 1.82) is 0 Å². The van der Waals surface area contributed by atoms with E-state index in [2.05, 4.69) is 5.32 Å². The SMILES string of the molecule is CN1C(=O)CC(NCC2CCC(C(=O)O)CC2)C1=O. The van der Waals surface area contributed by atoms with Gasteiger partial charge in [-0.3, -0.25) is 19.3 Å². The maximum absolute atomic E-state index is 11.7. The number of carbonyl (C=O) groups is 3. The summed E-state index contributed by atoms with van der Waals surface area (Å²) < 4.78 is 0. The van der Waals surface area contributed by atoms with E-state index in [1.807, 2.05) is 0 Å². The van der Waals surface area contributed by atoms with Crippen molar-refractivity contribution < 1.29 is 19.5 Å². The van der Waals surface area contributed by atoms with Crippen LogP contribution in [0.4, 0.5) is 0 Å². The number of amides is 2. The molecule has 2 aliphatic rings. The lowest BCUT2D eigenvalue weighted by Crippen LogP contribution is -2.40. The van der Waals surface area contributed by atoms with Crippen LogP contribution in [0.2, 0.25) is 0 Å². The minimum absolute atomic E-state index is 0.142. The lowest BCUT2D eigenvalue weighted by Gasteiger charge is -2.27. The van der Waals surface area contributed by atoms with Gasteiger partial charge in [-0.25, -0.2) is 0 Å². The molecule has 1 aliphatic carbocycles. The van der Waals surface area contributed by atoms with Gasteiger partial charge in [0.2, 0.25) is 11.8 Å². The normalized spacial score (nSPS) is 31.8. The lowest BCUT2D eigenvalue weighted by molar-refractivity contribution is -0.143. The molecule has 6 heteroatoms. The highest BCUT2D eigenvalue weighted by atomic mass is 16.4. The first-order valence-electron chi connectivity index (χ1n) is 6.75. The van der Waals surface area contributed by atoms with E-state index in [9.17, 15) is 14.4 Å². The standard InChI is InChI=1S/C13H20N2O4/c1-15-11(16)6-10(12(15)17)14-7-8-2-4-9(5-3-8)13(18)19/h8-10,14H,2-7H2,1H3,(H,18,19). The van der Waals surface area contributed by atoms with Crippen molar-refractivity contribution >= 4 is 17.8 Å². The number of carboxylic acid groups (broad SMARTS) is 1. The van der Waals surface area contributed by atoms with Gasteiger partial charge in [-0.05, 0) is 38.1 Å². The third-order valence-corrected chi connectivity index (χ3v) is 4.23. The second-order valence-electron chi connectivity index (χ2n) is 5.51. The molecule has 0 spiro atoms. The van der Waals surface area contributed by atoms with Crippen molar-refractivity contribution in [3.05, 3.63) is 0 Å². The van der Waals surface area contributed by atoms with Crippen molar-refractivity contribution in [3.63, 3.8) is 0 Å². The number of nitrogens with zero attached hydrogens (tertiary/aromatic N) is 1. The predicted molar refractivity (Wildman–Crippen MR) is 67.3 cm³/mol. The second-order valence-corrected chi connectivity index (χ2v) is 5.51. The number of nitrogens with one attached hydrogen (secondary N) is 1. The van der Waals surface area contributed by atoms with Crippen molar-refractivity contribution in [2.75, 3.05) is 13.6 Å². The van der Waals surface area contributed by atoms with Gasteiger partial charge in [0.25, 0.3) is 0 Å². The smallest absolute Gasteiger partial charge is 0.306 e. The van der Waals surface area contributed by atoms with E-state index in [1.165, 1.54) is 11.9 Å². The van der Waals surface area contributed by atoms with Crippen LogP contribution in [0.25, 0.3) is 0 Å². The topological polar surface area (TPSA) is 86.7 Å². The van der Waals surface area contributed by atoms with E-state index in [-0.39, 0.29) is 24.2 Å². The van der Waals surface area contributed by atoms with Crippen LogP contribution in [-0.4, -0.2) is 47.4 Å². The quantitative estimate of drug-likeness (QED) is 0.712. The molecule has 0 bridgehead atoms. The molecule has 1 saturated carbocycles. The van der Waals surface area contributed by atoms with Gasteiger partial charge in [-0.15, -0.1) is 0 Å². The Morgan fingerprint density at radius 2 is 1.95 bits per heavy atom. The predicted octanol–water partition coefficient (Wildman–Crippen LogP) is 0.224. The highest BCUT2D eigenvalue weighted by Crippen LogP contribution is 2.28. The van der Waals surface area contributed by atoms with Crippen LogP contribution in [0.15, 0.2) is 0 Å². The molecule has 2 amide bonds. The lowest BCUT2D eigenvalue weighted by atomic mass is 9.82. The Hall–Kier alpha value is -1.43. The molecule has 19 heavy (non-hydrogen) atoms. The van der Waals surface area contributed by atoms with Crippen LogP contribution < -0.4 is 5.32 Å². The number of hydrogen-bond donors (Lipinski definition) is 2. The van der Waals surface area contributed by atoms with Crippen molar-refractivity contribution in [2.24, 2.45) is 11.8 Å². The van der Waals surface area contributed by atoms with Crippen LogP contribution in [0.5, 0.6) is 0 Å². The Bertz CT molecular complexity index is 388. The molecule has 0 aromatic carbocycles. The molecule has 2 rings (SSSR count). The summed E-state index contributed by atoms with van der Waals surface area (Å²) in [7, 11) is 1.50. The largest absolute Gasteiger partial charge is 0.481 e. The van der Waals surface area contributed by atoms with Gasteiger partial charge in [0.1, 0.15) is 0 Å². The zero-order valence-electron chi connectivity index (χ0n) is 11.1. The fourth-order valence-electron chi connectivity index (χ4n) is 2.84. The summed E-state index contributed by atoms with van der Waals surface area (Å²) in [6, 6.07) is -0.394. The minimum atomic E-state index is -0.704. The monoisotopic (exact) mass is 268 g/mol. The molecule has 1 heterocycles. The highest BCUT2D eigenvalue weighted by molar-refractivity contribution is 6.05. The van der Waals surface area contributed by atoms with Crippen LogP contribution in [0, 0.1) is 11.8 Å². The van der Waals surface area contributed by atoms with Crippen LogP contribution >= 0.6 is 0 Å². The Morgan fingerprint density at radius 1 is 1.32 bits per heavy atom. The zero-order valence-corrected chi connectivity index (χ0v) is 11.1. The highest BCUT2D eigenvalue weighted by Gasteiger charge is 2.36. The third kappa shape index (κ3) is 3.12. The van der Waals surface area contributed by atoms with E-state index in [0.717, 1.165) is 12.8 Å². The number of carbonyl (C=O) groups excluding carboxylic acids is 2. The van der Waals surface area contributed by atoms with Crippen molar-refractivity contribution in [2.45, 2.75) is 38.1 Å². The van der Waals surface area contributed by atoms with Gasteiger partial charge in [0.05, 0.1) is 18.4 Å². The number of rotatable bonds is 4. The first kappa shape index (κ1) is 14.0. The molecule has 1 aliphatic heterocycles.